The van der Waals surface area contributed by atoms with E-state index in [9.17, 15) is 8.78 Å². The number of nitriles is 1. The molecule has 2 aromatic rings. The zero-order chi connectivity index (χ0) is 11.5. The molecule has 0 spiro atoms. The SMILES string of the molecule is N#Cc1c(F)cccc1-c1ccc(F)cc1. The molecule has 16 heavy (non-hydrogen) atoms. The molecule has 1 nitrogen and oxygen atoms in total. The van der Waals surface area contributed by atoms with Gasteiger partial charge in [0.15, 0.2) is 0 Å². The van der Waals surface area contributed by atoms with Crippen LogP contribution in [0.5, 0.6) is 0 Å². The summed E-state index contributed by atoms with van der Waals surface area (Å²) in [5, 5.41) is 8.85. The fourth-order valence-corrected chi connectivity index (χ4v) is 1.51. The zero-order valence-electron chi connectivity index (χ0n) is 8.24. The zero-order valence-corrected chi connectivity index (χ0v) is 8.24. The number of hydrogen-bond donors (Lipinski definition) is 0. The van der Waals surface area contributed by atoms with E-state index < -0.39 is 5.82 Å². The first-order valence-electron chi connectivity index (χ1n) is 4.67. The average molecular weight is 215 g/mol. The van der Waals surface area contributed by atoms with E-state index >= 15 is 0 Å². The summed E-state index contributed by atoms with van der Waals surface area (Å²) in [7, 11) is 0. The molecule has 2 aromatic carbocycles. The van der Waals surface area contributed by atoms with Crippen molar-refractivity contribution in [2.24, 2.45) is 0 Å². The van der Waals surface area contributed by atoms with Crippen LogP contribution in [0.25, 0.3) is 11.1 Å². The maximum atomic E-state index is 13.3. The highest BCUT2D eigenvalue weighted by molar-refractivity contribution is 5.70. The third-order valence-corrected chi connectivity index (χ3v) is 2.28. The molecule has 0 atom stereocenters. The summed E-state index contributed by atoms with van der Waals surface area (Å²) in [6.07, 6.45) is 0. The Kier molecular flexibility index (Phi) is 2.65. The van der Waals surface area contributed by atoms with Crippen LogP contribution in [-0.4, -0.2) is 0 Å². The molecule has 0 aliphatic heterocycles. The molecule has 0 aliphatic rings. The van der Waals surface area contributed by atoms with Gasteiger partial charge in [0.25, 0.3) is 0 Å². The normalized spacial score (nSPS) is 9.81. The minimum atomic E-state index is -0.565. The molecule has 0 N–H and O–H groups in total. The van der Waals surface area contributed by atoms with Crippen molar-refractivity contribution >= 4 is 0 Å². The quantitative estimate of drug-likeness (QED) is 0.714. The Morgan fingerprint density at radius 1 is 0.938 bits per heavy atom. The predicted octanol–water partition coefficient (Wildman–Crippen LogP) is 3.50. The highest BCUT2D eigenvalue weighted by atomic mass is 19.1. The third kappa shape index (κ3) is 1.78. The molecule has 0 aromatic heterocycles. The van der Waals surface area contributed by atoms with Crippen molar-refractivity contribution in [2.45, 2.75) is 0 Å². The number of halogens is 2. The topological polar surface area (TPSA) is 23.8 Å². The summed E-state index contributed by atoms with van der Waals surface area (Å²) in [4.78, 5) is 0. The number of benzene rings is 2. The molecule has 0 fully saturated rings. The maximum Gasteiger partial charge on any atom is 0.141 e. The van der Waals surface area contributed by atoms with E-state index in [-0.39, 0.29) is 11.4 Å². The lowest BCUT2D eigenvalue weighted by molar-refractivity contribution is 0.624. The monoisotopic (exact) mass is 215 g/mol. The van der Waals surface area contributed by atoms with Crippen molar-refractivity contribution in [2.75, 3.05) is 0 Å². The maximum absolute atomic E-state index is 13.3. The van der Waals surface area contributed by atoms with E-state index in [1.54, 1.807) is 6.07 Å². The van der Waals surface area contributed by atoms with Gasteiger partial charge in [0.1, 0.15) is 17.7 Å². The van der Waals surface area contributed by atoms with Crippen molar-refractivity contribution < 1.29 is 8.78 Å². The van der Waals surface area contributed by atoms with Crippen molar-refractivity contribution in [1.29, 1.82) is 5.26 Å². The second-order valence-electron chi connectivity index (χ2n) is 3.28. The van der Waals surface area contributed by atoms with E-state index in [0.717, 1.165) is 0 Å². The highest BCUT2D eigenvalue weighted by Crippen LogP contribution is 2.25. The van der Waals surface area contributed by atoms with Gasteiger partial charge in [0, 0.05) is 5.56 Å². The van der Waals surface area contributed by atoms with Gasteiger partial charge in [-0.2, -0.15) is 5.26 Å². The molecule has 0 amide bonds. The molecule has 0 heterocycles. The first-order valence-corrected chi connectivity index (χ1v) is 4.67. The van der Waals surface area contributed by atoms with Gasteiger partial charge in [-0.05, 0) is 23.8 Å². The van der Waals surface area contributed by atoms with E-state index in [4.69, 9.17) is 5.26 Å². The van der Waals surface area contributed by atoms with Crippen molar-refractivity contribution in [3.8, 4) is 17.2 Å². The summed E-state index contributed by atoms with van der Waals surface area (Å²) < 4.78 is 26.0. The number of rotatable bonds is 1. The standard InChI is InChI=1S/C13H7F2N/c14-10-6-4-9(5-7-10)11-2-1-3-13(15)12(11)8-16/h1-7H. The molecule has 2 rings (SSSR count). The summed E-state index contributed by atoms with van der Waals surface area (Å²) in [6, 6.07) is 11.8. The van der Waals surface area contributed by atoms with Crippen LogP contribution in [0.2, 0.25) is 0 Å². The van der Waals surface area contributed by atoms with Crippen LogP contribution < -0.4 is 0 Å². The fraction of sp³-hybridized carbons (Fsp3) is 0. The van der Waals surface area contributed by atoms with Crippen molar-refractivity contribution in [3.63, 3.8) is 0 Å². The molecule has 0 unspecified atom stereocenters. The first kappa shape index (κ1) is 10.3. The van der Waals surface area contributed by atoms with Crippen molar-refractivity contribution in [3.05, 3.63) is 59.7 Å². The smallest absolute Gasteiger partial charge is 0.141 e. The minimum absolute atomic E-state index is 0.0193. The lowest BCUT2D eigenvalue weighted by atomic mass is 10.00. The molecule has 0 saturated heterocycles. The third-order valence-electron chi connectivity index (χ3n) is 2.28. The Morgan fingerprint density at radius 3 is 2.25 bits per heavy atom. The van der Waals surface area contributed by atoms with Crippen LogP contribution in [0.1, 0.15) is 5.56 Å². The Labute approximate surface area is 91.6 Å². The average Bonchev–Trinajstić information content (AvgIpc) is 2.30. The molecule has 0 radical (unpaired) electrons. The first-order chi connectivity index (χ1) is 7.72. The van der Waals surface area contributed by atoms with Crippen LogP contribution >= 0.6 is 0 Å². The Hall–Kier alpha value is -2.21. The summed E-state index contributed by atoms with van der Waals surface area (Å²) in [5.41, 5.74) is 1.08. The van der Waals surface area contributed by atoms with E-state index in [0.29, 0.717) is 11.1 Å². The lowest BCUT2D eigenvalue weighted by Gasteiger charge is -2.04. The van der Waals surface area contributed by atoms with Crippen LogP contribution in [-0.2, 0) is 0 Å². The fourth-order valence-electron chi connectivity index (χ4n) is 1.51. The second kappa shape index (κ2) is 4.11. The van der Waals surface area contributed by atoms with Gasteiger partial charge < -0.3 is 0 Å². The molecule has 3 heteroatoms. The highest BCUT2D eigenvalue weighted by Gasteiger charge is 2.09. The van der Waals surface area contributed by atoms with Gasteiger partial charge in [0.05, 0.1) is 5.56 Å². The summed E-state index contributed by atoms with van der Waals surface area (Å²) >= 11 is 0. The largest absolute Gasteiger partial charge is 0.207 e. The van der Waals surface area contributed by atoms with Crippen LogP contribution in [0.15, 0.2) is 42.5 Å². The number of nitrogens with zero attached hydrogens (tertiary/aromatic N) is 1. The van der Waals surface area contributed by atoms with Crippen LogP contribution in [0.4, 0.5) is 8.78 Å². The second-order valence-corrected chi connectivity index (χ2v) is 3.28. The van der Waals surface area contributed by atoms with Gasteiger partial charge >= 0.3 is 0 Å². The van der Waals surface area contributed by atoms with Crippen molar-refractivity contribution in [1.82, 2.24) is 0 Å². The Bertz CT molecular complexity index is 553. The molecular formula is C13H7F2N. The summed E-state index contributed by atoms with van der Waals surface area (Å²) in [5.74, 6) is -0.928. The lowest BCUT2D eigenvalue weighted by Crippen LogP contribution is -1.89. The van der Waals surface area contributed by atoms with E-state index in [2.05, 4.69) is 0 Å². The van der Waals surface area contributed by atoms with Crippen LogP contribution in [0, 0.1) is 23.0 Å². The summed E-state index contributed by atoms with van der Waals surface area (Å²) in [6.45, 7) is 0. The van der Waals surface area contributed by atoms with Gasteiger partial charge in [-0.1, -0.05) is 24.3 Å². The van der Waals surface area contributed by atoms with Gasteiger partial charge in [-0.15, -0.1) is 0 Å². The predicted molar refractivity (Wildman–Crippen MR) is 56.5 cm³/mol. The molecule has 0 aliphatic carbocycles. The van der Waals surface area contributed by atoms with Gasteiger partial charge in [-0.3, -0.25) is 0 Å². The number of hydrogen-bond acceptors (Lipinski definition) is 1. The molecule has 78 valence electrons. The van der Waals surface area contributed by atoms with Gasteiger partial charge in [0.2, 0.25) is 0 Å². The Balaban J connectivity index is 2.61. The van der Waals surface area contributed by atoms with Crippen LogP contribution in [0.3, 0.4) is 0 Å². The van der Waals surface area contributed by atoms with E-state index in [1.165, 1.54) is 36.4 Å². The molecular weight excluding hydrogens is 208 g/mol. The minimum Gasteiger partial charge on any atom is -0.207 e. The van der Waals surface area contributed by atoms with Gasteiger partial charge in [-0.25, -0.2) is 8.78 Å². The van der Waals surface area contributed by atoms with E-state index in [1.807, 2.05) is 6.07 Å². The Morgan fingerprint density at radius 2 is 1.62 bits per heavy atom. The molecule has 0 saturated carbocycles. The molecule has 0 bridgehead atoms.